The zero-order chi connectivity index (χ0) is 13.8. The fraction of sp³-hybridized carbons (Fsp3) is 0.300. The van der Waals surface area contributed by atoms with Crippen LogP contribution in [-0.4, -0.2) is 32.6 Å². The third kappa shape index (κ3) is 3.46. The fourth-order valence-corrected chi connectivity index (χ4v) is 2.36. The summed E-state index contributed by atoms with van der Waals surface area (Å²) in [5.41, 5.74) is -0.100. The van der Waals surface area contributed by atoms with Crippen molar-refractivity contribution in [2.75, 3.05) is 6.54 Å². The zero-order valence-electron chi connectivity index (χ0n) is 9.05. The summed E-state index contributed by atoms with van der Waals surface area (Å²) in [6.07, 6.45) is -5.13. The maximum atomic E-state index is 12.0. The molecule has 0 aliphatic carbocycles. The molecule has 5 nitrogen and oxygen atoms in total. The highest BCUT2D eigenvalue weighted by Gasteiger charge is 2.22. The second-order valence-electron chi connectivity index (χ2n) is 3.36. The Morgan fingerprint density at radius 1 is 1.39 bits per heavy atom. The molecule has 1 aromatic carbocycles. The van der Waals surface area contributed by atoms with E-state index in [0.29, 0.717) is 0 Å². The smallest absolute Gasteiger partial charge is 0.265 e. The summed E-state index contributed by atoms with van der Waals surface area (Å²) >= 11 is 0. The number of alkyl halides is 2. The molecule has 0 amide bonds. The van der Waals surface area contributed by atoms with Crippen molar-refractivity contribution in [3.05, 3.63) is 29.8 Å². The molecule has 0 aliphatic rings. The van der Waals surface area contributed by atoms with Crippen molar-refractivity contribution in [1.82, 2.24) is 4.72 Å². The standard InChI is InChI=1S/C10H10F2N2O3S/c11-10(12)8(15)6-14-18(16,17)9-4-2-1-3-7(9)5-13/h1-4,8,10,14-15H,6H2. The monoisotopic (exact) mass is 276 g/mol. The molecule has 2 N–H and O–H groups in total. The Morgan fingerprint density at radius 3 is 2.56 bits per heavy atom. The Morgan fingerprint density at radius 2 is 2.00 bits per heavy atom. The highest BCUT2D eigenvalue weighted by atomic mass is 32.2. The first kappa shape index (κ1) is 14.5. The number of sulfonamides is 1. The summed E-state index contributed by atoms with van der Waals surface area (Å²) < 4.78 is 49.3. The molecule has 1 atom stereocenters. The van der Waals surface area contributed by atoms with Crippen LogP contribution in [-0.2, 0) is 10.0 Å². The van der Waals surface area contributed by atoms with Crippen LogP contribution in [0.25, 0.3) is 0 Å². The SMILES string of the molecule is N#Cc1ccccc1S(=O)(=O)NCC(O)C(F)F. The molecule has 0 radical (unpaired) electrons. The van der Waals surface area contributed by atoms with Crippen molar-refractivity contribution in [3.8, 4) is 6.07 Å². The largest absolute Gasteiger partial charge is 0.386 e. The fourth-order valence-electron chi connectivity index (χ4n) is 1.16. The van der Waals surface area contributed by atoms with Crippen LogP contribution >= 0.6 is 0 Å². The summed E-state index contributed by atoms with van der Waals surface area (Å²) in [7, 11) is -4.10. The van der Waals surface area contributed by atoms with Crippen LogP contribution < -0.4 is 4.72 Å². The van der Waals surface area contributed by atoms with E-state index in [0.717, 1.165) is 0 Å². The Balaban J connectivity index is 2.91. The number of halogens is 2. The lowest BCUT2D eigenvalue weighted by Crippen LogP contribution is -2.36. The molecule has 0 saturated heterocycles. The summed E-state index contributed by atoms with van der Waals surface area (Å²) in [6.45, 7) is -0.820. The van der Waals surface area contributed by atoms with E-state index in [1.807, 2.05) is 4.72 Å². The number of nitriles is 1. The first-order valence-corrected chi connectivity index (χ1v) is 6.32. The number of nitrogens with zero attached hydrogens (tertiary/aromatic N) is 1. The Kier molecular flexibility index (Phi) is 4.72. The summed E-state index contributed by atoms with van der Waals surface area (Å²) in [5, 5.41) is 17.6. The number of hydrogen-bond donors (Lipinski definition) is 2. The molecule has 0 fully saturated rings. The van der Waals surface area contributed by atoms with Gasteiger partial charge in [0.15, 0.2) is 0 Å². The minimum absolute atomic E-state index is 0.100. The minimum Gasteiger partial charge on any atom is -0.386 e. The molecule has 0 aromatic heterocycles. The predicted octanol–water partition coefficient (Wildman–Crippen LogP) is 0.463. The van der Waals surface area contributed by atoms with Crippen LogP contribution in [0.4, 0.5) is 8.78 Å². The number of aliphatic hydroxyl groups excluding tert-OH is 1. The van der Waals surface area contributed by atoms with Gasteiger partial charge in [0.2, 0.25) is 10.0 Å². The van der Waals surface area contributed by atoms with E-state index in [2.05, 4.69) is 0 Å². The van der Waals surface area contributed by atoms with Gasteiger partial charge < -0.3 is 5.11 Å². The van der Waals surface area contributed by atoms with E-state index in [1.165, 1.54) is 24.3 Å². The van der Waals surface area contributed by atoms with Gasteiger partial charge in [-0.25, -0.2) is 21.9 Å². The van der Waals surface area contributed by atoms with Gasteiger partial charge in [-0.1, -0.05) is 12.1 Å². The van der Waals surface area contributed by atoms with E-state index < -0.39 is 29.1 Å². The second kappa shape index (κ2) is 5.86. The molecule has 0 spiro atoms. The van der Waals surface area contributed by atoms with Crippen molar-refractivity contribution in [3.63, 3.8) is 0 Å². The highest BCUT2D eigenvalue weighted by Crippen LogP contribution is 2.14. The lowest BCUT2D eigenvalue weighted by Gasteiger charge is -2.11. The van der Waals surface area contributed by atoms with Crippen LogP contribution in [0.3, 0.4) is 0 Å². The Bertz CT molecular complexity index is 554. The van der Waals surface area contributed by atoms with Crippen molar-refractivity contribution in [2.24, 2.45) is 0 Å². The number of nitrogens with one attached hydrogen (secondary N) is 1. The van der Waals surface area contributed by atoms with Crippen LogP contribution in [0, 0.1) is 11.3 Å². The van der Waals surface area contributed by atoms with E-state index in [-0.39, 0.29) is 10.5 Å². The van der Waals surface area contributed by atoms with Gasteiger partial charge in [-0.3, -0.25) is 0 Å². The summed E-state index contributed by atoms with van der Waals surface area (Å²) in [5.74, 6) is 0. The van der Waals surface area contributed by atoms with Crippen molar-refractivity contribution in [1.29, 1.82) is 5.26 Å². The minimum atomic E-state index is -4.10. The molecule has 18 heavy (non-hydrogen) atoms. The van der Waals surface area contributed by atoms with Gasteiger partial charge in [0.1, 0.15) is 12.2 Å². The number of hydrogen-bond acceptors (Lipinski definition) is 4. The van der Waals surface area contributed by atoms with E-state index in [9.17, 15) is 17.2 Å². The Hall–Kier alpha value is -1.56. The lowest BCUT2D eigenvalue weighted by molar-refractivity contribution is -0.000451. The summed E-state index contributed by atoms with van der Waals surface area (Å²) in [4.78, 5) is -0.311. The number of rotatable bonds is 5. The molecule has 1 rings (SSSR count). The number of benzene rings is 1. The number of aliphatic hydroxyl groups is 1. The van der Waals surface area contributed by atoms with E-state index >= 15 is 0 Å². The predicted molar refractivity (Wildman–Crippen MR) is 58.4 cm³/mol. The second-order valence-corrected chi connectivity index (χ2v) is 5.10. The summed E-state index contributed by atoms with van der Waals surface area (Å²) in [6, 6.07) is 7.03. The van der Waals surface area contributed by atoms with Gasteiger partial charge in [-0.15, -0.1) is 0 Å². The third-order valence-corrected chi connectivity index (χ3v) is 3.55. The lowest BCUT2D eigenvalue weighted by atomic mass is 10.2. The van der Waals surface area contributed by atoms with Crippen LogP contribution in [0.15, 0.2) is 29.2 Å². The average molecular weight is 276 g/mol. The molecule has 0 heterocycles. The molecular formula is C10H10F2N2O3S. The molecule has 8 heteroatoms. The molecule has 98 valence electrons. The van der Waals surface area contributed by atoms with Crippen molar-refractivity contribution < 1.29 is 22.3 Å². The van der Waals surface area contributed by atoms with Crippen LogP contribution in [0.5, 0.6) is 0 Å². The maximum absolute atomic E-state index is 12.0. The molecule has 0 bridgehead atoms. The highest BCUT2D eigenvalue weighted by molar-refractivity contribution is 7.89. The molecule has 0 aliphatic heterocycles. The normalized spacial score (nSPS) is 13.3. The van der Waals surface area contributed by atoms with Gasteiger partial charge in [-0.05, 0) is 12.1 Å². The van der Waals surface area contributed by atoms with E-state index in [1.54, 1.807) is 6.07 Å². The third-order valence-electron chi connectivity index (χ3n) is 2.07. The molecule has 1 aromatic rings. The average Bonchev–Trinajstić information content (AvgIpc) is 2.35. The first-order valence-electron chi connectivity index (χ1n) is 4.83. The maximum Gasteiger partial charge on any atom is 0.265 e. The molecule has 1 unspecified atom stereocenters. The zero-order valence-corrected chi connectivity index (χ0v) is 9.86. The van der Waals surface area contributed by atoms with Crippen molar-refractivity contribution in [2.45, 2.75) is 17.4 Å². The topological polar surface area (TPSA) is 90.2 Å². The van der Waals surface area contributed by atoms with Crippen LogP contribution in [0.1, 0.15) is 5.56 Å². The first-order chi connectivity index (χ1) is 8.38. The molecule has 0 saturated carbocycles. The van der Waals surface area contributed by atoms with Gasteiger partial charge >= 0.3 is 0 Å². The quantitative estimate of drug-likeness (QED) is 0.817. The van der Waals surface area contributed by atoms with Crippen LogP contribution in [0.2, 0.25) is 0 Å². The van der Waals surface area contributed by atoms with Gasteiger partial charge in [0.05, 0.1) is 10.5 Å². The van der Waals surface area contributed by atoms with Crippen molar-refractivity contribution >= 4 is 10.0 Å². The Labute approximate surface area is 103 Å². The molecular weight excluding hydrogens is 266 g/mol. The van der Waals surface area contributed by atoms with Gasteiger partial charge in [-0.2, -0.15) is 5.26 Å². The van der Waals surface area contributed by atoms with Gasteiger partial charge in [0, 0.05) is 6.54 Å². The van der Waals surface area contributed by atoms with E-state index in [4.69, 9.17) is 10.4 Å². The van der Waals surface area contributed by atoms with Gasteiger partial charge in [0.25, 0.3) is 6.43 Å².